The molecular weight excluding hydrogens is 392 g/mol. The summed E-state index contributed by atoms with van der Waals surface area (Å²) in [7, 11) is 3.86. The minimum atomic E-state index is -4.86. The highest BCUT2D eigenvalue weighted by molar-refractivity contribution is 7.80. The van der Waals surface area contributed by atoms with E-state index in [1.165, 1.54) is 0 Å². The van der Waals surface area contributed by atoms with E-state index in [1.807, 2.05) is 19.0 Å². The fourth-order valence-corrected chi connectivity index (χ4v) is 3.85. The average Bonchev–Trinajstić information content (AvgIpc) is 2.53. The maximum absolute atomic E-state index is 13.0. The smallest absolute Gasteiger partial charge is 0.358 e. The van der Waals surface area contributed by atoms with Crippen molar-refractivity contribution < 1.29 is 26.3 Å². The number of allylic oxidation sites excluding steroid dienone is 2. The Morgan fingerprint density at radius 3 is 2.22 bits per heavy atom. The highest BCUT2D eigenvalue weighted by Gasteiger charge is 2.42. The molecule has 10 heteroatoms. The fraction of sp³-hybridized carbons (Fsp3) is 0.706. The number of nitrogens with zero attached hydrogens (tertiary/aromatic N) is 1. The van der Waals surface area contributed by atoms with Gasteiger partial charge in [0, 0.05) is 24.1 Å². The van der Waals surface area contributed by atoms with Crippen LogP contribution in [0, 0.1) is 0 Å². The van der Waals surface area contributed by atoms with Gasteiger partial charge in [-0.15, -0.1) is 0 Å². The van der Waals surface area contributed by atoms with Crippen LogP contribution < -0.4 is 10.6 Å². The first-order valence-corrected chi connectivity index (χ1v) is 9.09. The van der Waals surface area contributed by atoms with Crippen LogP contribution in [-0.2, 0) is 0 Å². The number of hydrogen-bond acceptors (Lipinski definition) is 2. The number of halogens is 6. The van der Waals surface area contributed by atoms with Gasteiger partial charge in [0.15, 0.2) is 5.11 Å². The molecule has 0 aromatic carbocycles. The molecule has 0 bridgehead atoms. The molecule has 0 amide bonds. The van der Waals surface area contributed by atoms with E-state index in [0.717, 1.165) is 31.8 Å². The first kappa shape index (κ1) is 22.0. The molecule has 2 aliphatic carbocycles. The second-order valence-corrected chi connectivity index (χ2v) is 7.55. The van der Waals surface area contributed by atoms with E-state index < -0.39 is 36.0 Å². The summed E-state index contributed by atoms with van der Waals surface area (Å²) in [6.07, 6.45) is -5.50. The van der Waals surface area contributed by atoms with Gasteiger partial charge in [0.25, 0.3) is 0 Å². The second kappa shape index (κ2) is 8.38. The quantitative estimate of drug-likeness (QED) is 0.537. The van der Waals surface area contributed by atoms with E-state index in [1.54, 1.807) is 0 Å². The first-order valence-electron chi connectivity index (χ1n) is 8.68. The third-order valence-corrected chi connectivity index (χ3v) is 5.10. The monoisotopic (exact) mass is 415 g/mol. The zero-order valence-electron chi connectivity index (χ0n) is 15.0. The average molecular weight is 415 g/mol. The van der Waals surface area contributed by atoms with Gasteiger partial charge in [0.05, 0.1) is 11.6 Å². The Labute approximate surface area is 159 Å². The Morgan fingerprint density at radius 2 is 1.67 bits per heavy atom. The van der Waals surface area contributed by atoms with Crippen LogP contribution in [0.5, 0.6) is 0 Å². The van der Waals surface area contributed by atoms with Gasteiger partial charge in [-0.2, -0.15) is 26.3 Å². The van der Waals surface area contributed by atoms with Gasteiger partial charge in [-0.1, -0.05) is 12.8 Å². The summed E-state index contributed by atoms with van der Waals surface area (Å²) in [5.74, 6) is 0. The molecule has 0 aromatic rings. The van der Waals surface area contributed by atoms with E-state index >= 15 is 0 Å². The molecule has 2 rings (SSSR count). The van der Waals surface area contributed by atoms with Crippen molar-refractivity contribution in [2.24, 2.45) is 0 Å². The molecule has 0 spiro atoms. The van der Waals surface area contributed by atoms with Crippen LogP contribution in [0.1, 0.15) is 32.1 Å². The maximum Gasteiger partial charge on any atom is 0.416 e. The van der Waals surface area contributed by atoms with Gasteiger partial charge in [-0.05, 0) is 51.3 Å². The van der Waals surface area contributed by atoms with Crippen molar-refractivity contribution in [2.45, 2.75) is 62.6 Å². The predicted octanol–water partition coefficient (Wildman–Crippen LogP) is 4.07. The van der Waals surface area contributed by atoms with Gasteiger partial charge in [0.1, 0.15) is 0 Å². The van der Waals surface area contributed by atoms with Crippen LogP contribution in [0.15, 0.2) is 23.3 Å². The van der Waals surface area contributed by atoms with Crippen molar-refractivity contribution >= 4 is 17.3 Å². The Kier molecular flexibility index (Phi) is 6.83. The molecule has 0 heterocycles. The lowest BCUT2D eigenvalue weighted by Gasteiger charge is -2.37. The Morgan fingerprint density at radius 1 is 1.04 bits per heavy atom. The van der Waals surface area contributed by atoms with Crippen LogP contribution >= 0.6 is 12.2 Å². The lowest BCUT2D eigenvalue weighted by atomic mass is 9.89. The summed E-state index contributed by atoms with van der Waals surface area (Å²) in [6.45, 7) is 0. The molecule has 1 fully saturated rings. The number of thiocarbonyl (C=S) groups is 1. The normalized spacial score (nSPS) is 27.1. The number of likely N-dealkylation sites (N-methyl/N-ethyl adjacent to an activating group) is 1. The standard InChI is InChI=1S/C17H23F6N3S/c1-26(2)14-6-4-3-5-13(14)25-15(27)24-12-8-10(16(18,19)20)7-11(9-12)17(21,22)23/h7-8,12-14H,3-6,9H2,1-2H3,(H2,24,25,27). The van der Waals surface area contributed by atoms with Crippen LogP contribution in [0.25, 0.3) is 0 Å². The van der Waals surface area contributed by atoms with E-state index in [4.69, 9.17) is 12.2 Å². The molecule has 2 N–H and O–H groups in total. The highest BCUT2D eigenvalue weighted by Crippen LogP contribution is 2.38. The highest BCUT2D eigenvalue weighted by atomic mass is 32.1. The molecule has 3 nitrogen and oxygen atoms in total. The molecule has 2 aliphatic rings. The fourth-order valence-electron chi connectivity index (χ4n) is 3.55. The largest absolute Gasteiger partial charge is 0.416 e. The second-order valence-electron chi connectivity index (χ2n) is 7.14. The summed E-state index contributed by atoms with van der Waals surface area (Å²) >= 11 is 5.17. The summed E-state index contributed by atoms with van der Waals surface area (Å²) in [5, 5.41) is 5.76. The third kappa shape index (κ3) is 6.10. The van der Waals surface area contributed by atoms with Gasteiger partial charge < -0.3 is 15.5 Å². The lowest BCUT2D eigenvalue weighted by Crippen LogP contribution is -2.54. The zero-order valence-corrected chi connectivity index (χ0v) is 15.9. The maximum atomic E-state index is 13.0. The Balaban J connectivity index is 2.08. The van der Waals surface area contributed by atoms with E-state index in [9.17, 15) is 26.3 Å². The van der Waals surface area contributed by atoms with Gasteiger partial charge in [-0.3, -0.25) is 0 Å². The van der Waals surface area contributed by atoms with Crippen molar-refractivity contribution in [1.29, 1.82) is 0 Å². The molecular formula is C17H23F6N3S. The van der Waals surface area contributed by atoms with Crippen molar-refractivity contribution in [3.8, 4) is 0 Å². The molecule has 1 saturated carbocycles. The molecule has 154 valence electrons. The SMILES string of the molecule is CN(C)C1CCCCC1NC(=S)NC1C=C(C(F)(F)F)C=C(C(F)(F)F)C1. The number of hydrogen-bond donors (Lipinski definition) is 2. The van der Waals surface area contributed by atoms with Gasteiger partial charge in [0.2, 0.25) is 0 Å². The first-order chi connectivity index (χ1) is 12.4. The van der Waals surface area contributed by atoms with E-state index in [0.29, 0.717) is 0 Å². The van der Waals surface area contributed by atoms with Crippen LogP contribution in [0.2, 0.25) is 0 Å². The third-order valence-electron chi connectivity index (χ3n) is 4.87. The van der Waals surface area contributed by atoms with E-state index in [-0.39, 0.29) is 23.3 Å². The number of rotatable bonds is 3. The van der Waals surface area contributed by atoms with Crippen molar-refractivity contribution in [3.63, 3.8) is 0 Å². The molecule has 27 heavy (non-hydrogen) atoms. The van der Waals surface area contributed by atoms with Crippen LogP contribution in [0.3, 0.4) is 0 Å². The van der Waals surface area contributed by atoms with Crippen LogP contribution in [-0.4, -0.2) is 54.6 Å². The molecule has 0 aromatic heterocycles. The van der Waals surface area contributed by atoms with Crippen molar-refractivity contribution in [2.75, 3.05) is 14.1 Å². The summed E-state index contributed by atoms with van der Waals surface area (Å²) < 4.78 is 77.8. The van der Waals surface area contributed by atoms with E-state index in [2.05, 4.69) is 10.6 Å². The minimum absolute atomic E-state index is 0.000959. The zero-order chi connectivity index (χ0) is 20.4. The summed E-state index contributed by atoms with van der Waals surface area (Å²) in [4.78, 5) is 2.05. The molecule has 0 saturated heterocycles. The number of nitrogens with one attached hydrogen (secondary N) is 2. The molecule has 0 aliphatic heterocycles. The van der Waals surface area contributed by atoms with Gasteiger partial charge >= 0.3 is 12.4 Å². The lowest BCUT2D eigenvalue weighted by molar-refractivity contribution is -0.0992. The minimum Gasteiger partial charge on any atom is -0.358 e. The predicted molar refractivity (Wildman–Crippen MR) is 95.3 cm³/mol. The van der Waals surface area contributed by atoms with Crippen molar-refractivity contribution in [1.82, 2.24) is 15.5 Å². The Bertz CT molecular complexity index is 609. The molecule has 3 unspecified atom stereocenters. The Hall–Kier alpha value is -1.29. The summed E-state index contributed by atoms with van der Waals surface area (Å²) in [6, 6.07) is -0.970. The summed E-state index contributed by atoms with van der Waals surface area (Å²) in [5.41, 5.74) is -2.54. The van der Waals surface area contributed by atoms with Crippen molar-refractivity contribution in [3.05, 3.63) is 23.3 Å². The molecule has 0 radical (unpaired) electrons. The number of alkyl halides is 6. The van der Waals surface area contributed by atoms with Crippen LogP contribution in [0.4, 0.5) is 26.3 Å². The van der Waals surface area contributed by atoms with Gasteiger partial charge in [-0.25, -0.2) is 0 Å². The topological polar surface area (TPSA) is 27.3 Å². The molecule has 3 atom stereocenters.